The number of para-hydroxylation sites is 1. The van der Waals surface area contributed by atoms with Crippen LogP contribution in [0, 0.1) is 12.7 Å². The molecule has 4 nitrogen and oxygen atoms in total. The van der Waals surface area contributed by atoms with Crippen molar-refractivity contribution in [2.75, 3.05) is 46.6 Å². The monoisotopic (exact) mass is 359 g/mol. The number of ether oxygens (including phenoxy) is 3. The van der Waals surface area contributed by atoms with E-state index < -0.39 is 0 Å². The van der Waals surface area contributed by atoms with E-state index in [0.29, 0.717) is 18.6 Å². The van der Waals surface area contributed by atoms with Gasteiger partial charge in [-0.3, -0.25) is 4.90 Å². The Hall–Kier alpha value is -2.11. The zero-order valence-electron chi connectivity index (χ0n) is 15.5. The molecule has 0 N–H and O–H groups in total. The maximum absolute atomic E-state index is 13.5. The minimum Gasteiger partial charge on any atom is -0.493 e. The Morgan fingerprint density at radius 2 is 1.96 bits per heavy atom. The van der Waals surface area contributed by atoms with Crippen molar-refractivity contribution in [1.29, 1.82) is 0 Å². The van der Waals surface area contributed by atoms with Crippen LogP contribution in [-0.4, -0.2) is 51.5 Å². The molecule has 140 valence electrons. The minimum atomic E-state index is -0.179. The van der Waals surface area contributed by atoms with Crippen molar-refractivity contribution in [2.24, 2.45) is 0 Å². The third-order valence-electron chi connectivity index (χ3n) is 4.65. The van der Waals surface area contributed by atoms with E-state index in [4.69, 9.17) is 14.2 Å². The second kappa shape index (κ2) is 9.01. The predicted molar refractivity (Wildman–Crippen MR) is 99.7 cm³/mol. The first kappa shape index (κ1) is 18.7. The number of methoxy groups -OCH3 is 1. The molecule has 0 radical (unpaired) electrons. The van der Waals surface area contributed by atoms with Gasteiger partial charge in [0.15, 0.2) is 11.5 Å². The maximum atomic E-state index is 13.5. The van der Waals surface area contributed by atoms with E-state index in [-0.39, 0.29) is 5.82 Å². The molecule has 1 aliphatic rings. The van der Waals surface area contributed by atoms with Crippen LogP contribution < -0.4 is 9.47 Å². The van der Waals surface area contributed by atoms with Crippen LogP contribution in [0.5, 0.6) is 11.5 Å². The molecule has 1 fully saturated rings. The highest BCUT2D eigenvalue weighted by atomic mass is 19.1. The molecule has 5 heteroatoms. The Morgan fingerprint density at radius 1 is 1.15 bits per heavy atom. The molecule has 0 atom stereocenters. The molecule has 1 saturated heterocycles. The summed E-state index contributed by atoms with van der Waals surface area (Å²) in [6.45, 7) is 6.68. The van der Waals surface area contributed by atoms with Crippen LogP contribution in [0.25, 0.3) is 0 Å². The summed E-state index contributed by atoms with van der Waals surface area (Å²) < 4.78 is 30.5. The Labute approximate surface area is 154 Å². The number of nitrogens with zero attached hydrogens (tertiary/aromatic N) is 1. The van der Waals surface area contributed by atoms with Gasteiger partial charge in [0.05, 0.1) is 20.3 Å². The molecule has 2 aromatic carbocycles. The van der Waals surface area contributed by atoms with E-state index in [2.05, 4.69) is 4.90 Å². The highest BCUT2D eigenvalue weighted by Crippen LogP contribution is 2.32. The molecule has 0 saturated carbocycles. The van der Waals surface area contributed by atoms with E-state index in [1.165, 1.54) is 6.07 Å². The van der Waals surface area contributed by atoms with Crippen LogP contribution in [0.4, 0.5) is 4.39 Å². The molecule has 0 bridgehead atoms. The van der Waals surface area contributed by atoms with Gasteiger partial charge in [-0.05, 0) is 30.2 Å². The first-order chi connectivity index (χ1) is 12.7. The van der Waals surface area contributed by atoms with Gasteiger partial charge >= 0.3 is 0 Å². The average molecular weight is 359 g/mol. The van der Waals surface area contributed by atoms with Gasteiger partial charge in [0.2, 0.25) is 0 Å². The standard InChI is InChI=1S/C21H26FNO3/c1-16-14-17(6-7-19(16)22)15-18-4-3-5-20(24-2)21(18)26-13-10-23-8-11-25-12-9-23/h3-7,14H,8-13,15H2,1-2H3. The first-order valence-corrected chi connectivity index (χ1v) is 9.01. The lowest BCUT2D eigenvalue weighted by molar-refractivity contribution is 0.0320. The molecular weight excluding hydrogens is 333 g/mol. The Bertz CT molecular complexity index is 729. The van der Waals surface area contributed by atoms with Crippen molar-refractivity contribution in [3.8, 4) is 11.5 Å². The van der Waals surface area contributed by atoms with Gasteiger partial charge in [0.25, 0.3) is 0 Å². The molecule has 0 aliphatic carbocycles. The zero-order valence-corrected chi connectivity index (χ0v) is 15.5. The summed E-state index contributed by atoms with van der Waals surface area (Å²) in [6, 6.07) is 11.1. The summed E-state index contributed by atoms with van der Waals surface area (Å²) in [5.74, 6) is 1.31. The van der Waals surface area contributed by atoms with E-state index in [1.54, 1.807) is 14.0 Å². The lowest BCUT2D eigenvalue weighted by Gasteiger charge is -2.26. The van der Waals surface area contributed by atoms with Gasteiger partial charge in [-0.15, -0.1) is 0 Å². The van der Waals surface area contributed by atoms with Crippen molar-refractivity contribution in [1.82, 2.24) is 4.90 Å². The molecule has 3 rings (SSSR count). The second-order valence-corrected chi connectivity index (χ2v) is 6.51. The third kappa shape index (κ3) is 4.74. The number of aryl methyl sites for hydroxylation is 1. The molecule has 0 spiro atoms. The maximum Gasteiger partial charge on any atom is 0.164 e. The Morgan fingerprint density at radius 3 is 2.69 bits per heavy atom. The zero-order chi connectivity index (χ0) is 18.4. The molecule has 0 aromatic heterocycles. The van der Waals surface area contributed by atoms with Gasteiger partial charge in [0.1, 0.15) is 12.4 Å². The second-order valence-electron chi connectivity index (χ2n) is 6.51. The quantitative estimate of drug-likeness (QED) is 0.758. The molecule has 0 unspecified atom stereocenters. The summed E-state index contributed by atoms with van der Waals surface area (Å²) >= 11 is 0. The lowest BCUT2D eigenvalue weighted by atomic mass is 10.0. The topological polar surface area (TPSA) is 30.9 Å². The van der Waals surface area contributed by atoms with E-state index in [9.17, 15) is 4.39 Å². The highest BCUT2D eigenvalue weighted by molar-refractivity contribution is 5.48. The van der Waals surface area contributed by atoms with Crippen LogP contribution in [0.2, 0.25) is 0 Å². The van der Waals surface area contributed by atoms with Crippen LogP contribution in [0.15, 0.2) is 36.4 Å². The van der Waals surface area contributed by atoms with Crippen molar-refractivity contribution in [2.45, 2.75) is 13.3 Å². The number of hydrogen-bond acceptors (Lipinski definition) is 4. The number of morpholine rings is 1. The minimum absolute atomic E-state index is 0.179. The molecule has 1 heterocycles. The first-order valence-electron chi connectivity index (χ1n) is 9.01. The highest BCUT2D eigenvalue weighted by Gasteiger charge is 2.14. The van der Waals surface area contributed by atoms with Crippen molar-refractivity contribution < 1.29 is 18.6 Å². The molecule has 1 aliphatic heterocycles. The number of halogens is 1. The lowest BCUT2D eigenvalue weighted by Crippen LogP contribution is -2.38. The van der Waals surface area contributed by atoms with E-state index in [0.717, 1.165) is 55.5 Å². The fourth-order valence-corrected chi connectivity index (χ4v) is 3.16. The van der Waals surface area contributed by atoms with E-state index >= 15 is 0 Å². The summed E-state index contributed by atoms with van der Waals surface area (Å²) in [5.41, 5.74) is 2.74. The number of hydrogen-bond donors (Lipinski definition) is 0. The Kier molecular flexibility index (Phi) is 6.47. The van der Waals surface area contributed by atoms with Gasteiger partial charge in [-0.25, -0.2) is 4.39 Å². The van der Waals surface area contributed by atoms with Crippen LogP contribution >= 0.6 is 0 Å². The summed E-state index contributed by atoms with van der Waals surface area (Å²) in [7, 11) is 1.65. The van der Waals surface area contributed by atoms with Crippen LogP contribution in [-0.2, 0) is 11.2 Å². The normalized spacial score (nSPS) is 15.0. The van der Waals surface area contributed by atoms with Crippen molar-refractivity contribution >= 4 is 0 Å². The van der Waals surface area contributed by atoms with Gasteiger partial charge in [-0.2, -0.15) is 0 Å². The third-order valence-corrected chi connectivity index (χ3v) is 4.65. The molecule has 26 heavy (non-hydrogen) atoms. The molecular formula is C21H26FNO3. The van der Waals surface area contributed by atoms with E-state index in [1.807, 2.05) is 30.3 Å². The van der Waals surface area contributed by atoms with Crippen molar-refractivity contribution in [3.63, 3.8) is 0 Å². The summed E-state index contributed by atoms with van der Waals surface area (Å²) in [6.07, 6.45) is 0.672. The SMILES string of the molecule is COc1cccc(Cc2ccc(F)c(C)c2)c1OCCN1CCOCC1. The molecule has 2 aromatic rings. The average Bonchev–Trinajstić information content (AvgIpc) is 2.66. The van der Waals surface area contributed by atoms with Crippen LogP contribution in [0.3, 0.4) is 0 Å². The fraction of sp³-hybridized carbons (Fsp3) is 0.429. The number of benzene rings is 2. The van der Waals surface area contributed by atoms with Crippen LogP contribution in [0.1, 0.15) is 16.7 Å². The van der Waals surface area contributed by atoms with Gasteiger partial charge < -0.3 is 14.2 Å². The number of rotatable bonds is 7. The fourth-order valence-electron chi connectivity index (χ4n) is 3.16. The summed E-state index contributed by atoms with van der Waals surface area (Å²) in [4.78, 5) is 2.34. The largest absolute Gasteiger partial charge is 0.493 e. The summed E-state index contributed by atoms with van der Waals surface area (Å²) in [5, 5.41) is 0. The van der Waals surface area contributed by atoms with Crippen molar-refractivity contribution in [3.05, 3.63) is 58.9 Å². The smallest absolute Gasteiger partial charge is 0.164 e. The molecule has 0 amide bonds. The van der Waals surface area contributed by atoms with Gasteiger partial charge in [-0.1, -0.05) is 24.3 Å². The van der Waals surface area contributed by atoms with Gasteiger partial charge in [0, 0.05) is 31.6 Å². The Balaban J connectivity index is 1.71. The predicted octanol–water partition coefficient (Wildman–Crippen LogP) is 3.44.